The molecule has 0 saturated heterocycles. The number of aromatic nitrogens is 1. The quantitative estimate of drug-likeness (QED) is 0.799. The Balaban J connectivity index is 2.12. The molecule has 6 nitrogen and oxygen atoms in total. The van der Waals surface area contributed by atoms with Crippen LogP contribution in [-0.4, -0.2) is 18.5 Å². The van der Waals surface area contributed by atoms with Crippen LogP contribution in [0.15, 0.2) is 26.2 Å². The number of sulfonamides is 1. The Morgan fingerprint density at radius 3 is 2.85 bits per heavy atom. The van der Waals surface area contributed by atoms with Gasteiger partial charge in [-0.1, -0.05) is 6.92 Å². The predicted molar refractivity (Wildman–Crippen MR) is 77.8 cm³/mol. The first kappa shape index (κ1) is 15.6. The fourth-order valence-corrected chi connectivity index (χ4v) is 4.36. The van der Waals surface area contributed by atoms with E-state index in [0.29, 0.717) is 5.01 Å². The van der Waals surface area contributed by atoms with Gasteiger partial charge < -0.3 is 9.52 Å². The predicted octanol–water partition coefficient (Wildman–Crippen LogP) is 2.03. The second-order valence-electron chi connectivity index (χ2n) is 3.91. The zero-order valence-corrected chi connectivity index (χ0v) is 13.8. The molecule has 0 saturated carbocycles. The maximum atomic E-state index is 12.1. The van der Waals surface area contributed by atoms with Gasteiger partial charge in [-0.2, -0.15) is 0 Å². The van der Waals surface area contributed by atoms with Crippen molar-refractivity contribution in [3.05, 3.63) is 32.6 Å². The Morgan fingerprint density at radius 1 is 1.55 bits per heavy atom. The van der Waals surface area contributed by atoms with E-state index in [-0.39, 0.29) is 28.5 Å². The lowest BCUT2D eigenvalue weighted by molar-refractivity contribution is 0.245. The highest BCUT2D eigenvalue weighted by molar-refractivity contribution is 9.10. The third kappa shape index (κ3) is 3.47. The van der Waals surface area contributed by atoms with Crippen LogP contribution >= 0.6 is 27.3 Å². The lowest BCUT2D eigenvalue weighted by Gasteiger charge is -2.02. The number of aliphatic hydroxyl groups excluding tert-OH is 1. The summed E-state index contributed by atoms with van der Waals surface area (Å²) in [5, 5.41) is 9.64. The average Bonchev–Trinajstić information content (AvgIpc) is 3.02. The molecule has 0 radical (unpaired) electrons. The van der Waals surface area contributed by atoms with Gasteiger partial charge in [0.15, 0.2) is 4.67 Å². The Labute approximate surface area is 129 Å². The van der Waals surface area contributed by atoms with Gasteiger partial charge >= 0.3 is 0 Å². The minimum atomic E-state index is -3.71. The number of nitrogens with one attached hydrogen (secondary N) is 1. The molecular formula is C11H13BrN2O4S2. The van der Waals surface area contributed by atoms with E-state index in [0.717, 1.165) is 11.3 Å². The van der Waals surface area contributed by atoms with Crippen molar-refractivity contribution < 1.29 is 17.9 Å². The number of furan rings is 1. The van der Waals surface area contributed by atoms with Gasteiger partial charge in [0.05, 0.1) is 6.54 Å². The second kappa shape index (κ2) is 6.35. The van der Waals surface area contributed by atoms with E-state index in [2.05, 4.69) is 25.6 Å². The molecule has 0 aliphatic rings. The number of rotatable bonds is 6. The Morgan fingerprint density at radius 2 is 2.30 bits per heavy atom. The minimum Gasteiger partial charge on any atom is -0.450 e. The summed E-state index contributed by atoms with van der Waals surface area (Å²) >= 11 is 4.49. The molecule has 2 heterocycles. The van der Waals surface area contributed by atoms with Gasteiger partial charge in [-0.05, 0) is 22.4 Å². The normalized spacial score (nSPS) is 11.9. The summed E-state index contributed by atoms with van der Waals surface area (Å²) in [5.74, 6) is 0.180. The van der Waals surface area contributed by atoms with Crippen LogP contribution in [0.5, 0.6) is 0 Å². The Kier molecular flexibility index (Phi) is 4.97. The van der Waals surface area contributed by atoms with Crippen molar-refractivity contribution in [3.8, 4) is 0 Å². The molecule has 0 spiro atoms. The summed E-state index contributed by atoms with van der Waals surface area (Å²) in [6, 6.07) is 1.28. The summed E-state index contributed by atoms with van der Waals surface area (Å²) in [6.45, 7) is 1.78. The first-order valence-corrected chi connectivity index (χ1v) is 8.88. The van der Waals surface area contributed by atoms with Gasteiger partial charge in [-0.15, -0.1) is 11.3 Å². The van der Waals surface area contributed by atoms with E-state index in [1.54, 1.807) is 6.20 Å². The van der Waals surface area contributed by atoms with Crippen molar-refractivity contribution >= 4 is 37.3 Å². The van der Waals surface area contributed by atoms with Crippen LogP contribution in [0.25, 0.3) is 0 Å². The number of nitrogens with zero attached hydrogens (tertiary/aromatic N) is 1. The standard InChI is InChI=1S/C11H13BrN2O4S2/c1-2-8-4-13-10(19-8)5-14-20(16,17)9-3-7(6-15)18-11(9)12/h3-4,14-15H,2,5-6H2,1H3. The minimum absolute atomic E-state index is 0.0335. The van der Waals surface area contributed by atoms with Crippen LogP contribution in [-0.2, 0) is 29.6 Å². The first-order chi connectivity index (χ1) is 9.46. The van der Waals surface area contributed by atoms with Gasteiger partial charge in [-0.25, -0.2) is 18.1 Å². The SMILES string of the molecule is CCc1cnc(CNS(=O)(=O)c2cc(CO)oc2Br)s1. The van der Waals surface area contributed by atoms with E-state index >= 15 is 0 Å². The fraction of sp³-hybridized carbons (Fsp3) is 0.364. The van der Waals surface area contributed by atoms with Crippen LogP contribution < -0.4 is 4.72 Å². The lowest BCUT2D eigenvalue weighted by atomic mass is 10.4. The Hall–Kier alpha value is -0.740. The number of halogens is 1. The molecular weight excluding hydrogens is 368 g/mol. The third-order valence-corrected chi connectivity index (χ3v) is 5.91. The van der Waals surface area contributed by atoms with Crippen LogP contribution in [0.4, 0.5) is 0 Å². The molecule has 2 N–H and O–H groups in total. The number of hydrogen-bond donors (Lipinski definition) is 2. The van der Waals surface area contributed by atoms with Crippen LogP contribution in [0.2, 0.25) is 0 Å². The molecule has 0 atom stereocenters. The van der Waals surface area contributed by atoms with Gasteiger partial charge in [-0.3, -0.25) is 0 Å². The van der Waals surface area contributed by atoms with Crippen molar-refractivity contribution in [2.45, 2.75) is 31.4 Å². The van der Waals surface area contributed by atoms with E-state index in [9.17, 15) is 8.42 Å². The first-order valence-electron chi connectivity index (χ1n) is 5.78. The molecule has 9 heteroatoms. The van der Waals surface area contributed by atoms with Gasteiger partial charge in [0.2, 0.25) is 10.0 Å². The summed E-state index contributed by atoms with van der Waals surface area (Å²) in [6.07, 6.45) is 2.61. The molecule has 0 aliphatic carbocycles. The number of thiazole rings is 1. The maximum absolute atomic E-state index is 12.1. The second-order valence-corrected chi connectivity index (χ2v) is 7.56. The van der Waals surface area contributed by atoms with E-state index in [1.807, 2.05) is 6.92 Å². The lowest BCUT2D eigenvalue weighted by Crippen LogP contribution is -2.23. The van der Waals surface area contributed by atoms with Gasteiger partial charge in [0.25, 0.3) is 0 Å². The van der Waals surface area contributed by atoms with Crippen molar-refractivity contribution in [1.29, 1.82) is 0 Å². The molecule has 2 aromatic rings. The maximum Gasteiger partial charge on any atom is 0.245 e. The van der Waals surface area contributed by atoms with E-state index in [4.69, 9.17) is 9.52 Å². The molecule has 0 unspecified atom stereocenters. The van der Waals surface area contributed by atoms with Crippen molar-refractivity contribution in [2.75, 3.05) is 0 Å². The number of aliphatic hydroxyl groups is 1. The summed E-state index contributed by atoms with van der Waals surface area (Å²) in [5.41, 5.74) is 0. The highest BCUT2D eigenvalue weighted by Gasteiger charge is 2.22. The number of hydrogen-bond acceptors (Lipinski definition) is 6. The Bertz CT molecular complexity index is 693. The van der Waals surface area contributed by atoms with Crippen molar-refractivity contribution in [2.24, 2.45) is 0 Å². The van der Waals surface area contributed by atoms with E-state index in [1.165, 1.54) is 17.4 Å². The molecule has 20 heavy (non-hydrogen) atoms. The molecule has 0 aliphatic heterocycles. The molecule has 2 rings (SSSR count). The number of aryl methyl sites for hydroxylation is 1. The molecule has 0 bridgehead atoms. The van der Waals surface area contributed by atoms with Crippen molar-refractivity contribution in [3.63, 3.8) is 0 Å². The molecule has 0 amide bonds. The highest BCUT2D eigenvalue weighted by atomic mass is 79.9. The van der Waals surface area contributed by atoms with Crippen LogP contribution in [0, 0.1) is 0 Å². The van der Waals surface area contributed by atoms with Gasteiger partial charge in [0, 0.05) is 17.1 Å². The summed E-state index contributed by atoms with van der Waals surface area (Å²) in [4.78, 5) is 5.21. The van der Waals surface area contributed by atoms with Crippen LogP contribution in [0.3, 0.4) is 0 Å². The van der Waals surface area contributed by atoms with Crippen LogP contribution in [0.1, 0.15) is 22.6 Å². The largest absolute Gasteiger partial charge is 0.450 e. The van der Waals surface area contributed by atoms with E-state index < -0.39 is 10.0 Å². The third-order valence-electron chi connectivity index (χ3n) is 2.52. The topological polar surface area (TPSA) is 92.4 Å². The zero-order valence-electron chi connectivity index (χ0n) is 10.6. The zero-order chi connectivity index (χ0) is 14.8. The smallest absolute Gasteiger partial charge is 0.245 e. The monoisotopic (exact) mass is 380 g/mol. The van der Waals surface area contributed by atoms with Crippen molar-refractivity contribution in [1.82, 2.24) is 9.71 Å². The molecule has 0 aromatic carbocycles. The molecule has 0 fully saturated rings. The summed E-state index contributed by atoms with van der Waals surface area (Å²) in [7, 11) is -3.71. The summed E-state index contributed by atoms with van der Waals surface area (Å²) < 4.78 is 31.8. The van der Waals surface area contributed by atoms with Gasteiger partial charge in [0.1, 0.15) is 22.3 Å². The highest BCUT2D eigenvalue weighted by Crippen LogP contribution is 2.26. The molecule has 110 valence electrons. The fourth-order valence-electron chi connectivity index (χ4n) is 1.49. The average molecular weight is 381 g/mol. The molecule has 2 aromatic heterocycles.